The number of aromatic nitrogens is 2. The molecular formula is C15H26N4O. The average Bonchev–Trinajstić information content (AvgIpc) is 2.52. The lowest BCUT2D eigenvalue weighted by Gasteiger charge is -2.22. The van der Waals surface area contributed by atoms with Crippen LogP contribution in [0.4, 0.5) is 11.6 Å². The quantitative estimate of drug-likeness (QED) is 0.751. The van der Waals surface area contributed by atoms with Crippen LogP contribution in [-0.4, -0.2) is 36.3 Å². The van der Waals surface area contributed by atoms with Crippen molar-refractivity contribution in [3.05, 3.63) is 11.9 Å². The number of nitrogens with zero attached hydrogens (tertiary/aromatic N) is 2. The highest BCUT2D eigenvalue weighted by Crippen LogP contribution is 2.20. The van der Waals surface area contributed by atoms with Gasteiger partial charge in [-0.2, -0.15) is 0 Å². The van der Waals surface area contributed by atoms with Crippen LogP contribution in [0.25, 0.3) is 0 Å². The van der Waals surface area contributed by atoms with Crippen LogP contribution >= 0.6 is 0 Å². The summed E-state index contributed by atoms with van der Waals surface area (Å²) in [5.41, 5.74) is 0. The van der Waals surface area contributed by atoms with Gasteiger partial charge in [-0.1, -0.05) is 26.2 Å². The molecule has 0 radical (unpaired) electrons. The lowest BCUT2D eigenvalue weighted by molar-refractivity contribution is 0.0347. The van der Waals surface area contributed by atoms with E-state index in [2.05, 4.69) is 27.5 Å². The molecule has 0 spiro atoms. The zero-order chi connectivity index (χ0) is 14.2. The molecule has 1 aliphatic rings. The van der Waals surface area contributed by atoms with Gasteiger partial charge in [0, 0.05) is 26.1 Å². The van der Waals surface area contributed by atoms with E-state index in [4.69, 9.17) is 4.74 Å². The van der Waals surface area contributed by atoms with Crippen molar-refractivity contribution < 1.29 is 4.74 Å². The second kappa shape index (κ2) is 8.04. The first-order valence-corrected chi connectivity index (χ1v) is 7.73. The number of ether oxygens (including phenoxy) is 1. The molecule has 112 valence electrons. The Hall–Kier alpha value is -1.36. The first-order valence-electron chi connectivity index (χ1n) is 7.73. The summed E-state index contributed by atoms with van der Waals surface area (Å²) in [6, 6.07) is 1.93. The highest BCUT2D eigenvalue weighted by Gasteiger charge is 2.13. The largest absolute Gasteiger partial charge is 0.376 e. The predicted molar refractivity (Wildman–Crippen MR) is 82.3 cm³/mol. The molecule has 5 heteroatoms. The van der Waals surface area contributed by atoms with Gasteiger partial charge < -0.3 is 15.4 Å². The Kier molecular flexibility index (Phi) is 6.05. The molecule has 0 aliphatic heterocycles. The molecule has 1 aliphatic carbocycles. The molecule has 1 heterocycles. The van der Waals surface area contributed by atoms with Crippen molar-refractivity contribution in [1.82, 2.24) is 9.97 Å². The first kappa shape index (κ1) is 15.0. The number of hydrogen-bond acceptors (Lipinski definition) is 5. The third-order valence-corrected chi connectivity index (χ3v) is 3.66. The minimum absolute atomic E-state index is 0.468. The molecule has 0 aromatic carbocycles. The van der Waals surface area contributed by atoms with Gasteiger partial charge in [-0.3, -0.25) is 0 Å². The topological polar surface area (TPSA) is 59.1 Å². The van der Waals surface area contributed by atoms with Crippen molar-refractivity contribution in [2.75, 3.05) is 30.8 Å². The van der Waals surface area contributed by atoms with E-state index >= 15 is 0 Å². The van der Waals surface area contributed by atoms with Crippen molar-refractivity contribution >= 4 is 11.6 Å². The predicted octanol–water partition coefficient (Wildman–Crippen LogP) is 2.84. The summed E-state index contributed by atoms with van der Waals surface area (Å²) in [4.78, 5) is 8.84. The SMILES string of the molecule is CCc1nc(NC)cc(NCCOC2CCCCC2)n1. The number of rotatable bonds is 7. The normalized spacial score (nSPS) is 16.1. The molecule has 20 heavy (non-hydrogen) atoms. The van der Waals surface area contributed by atoms with Gasteiger partial charge in [-0.25, -0.2) is 9.97 Å². The third-order valence-electron chi connectivity index (χ3n) is 3.66. The highest BCUT2D eigenvalue weighted by atomic mass is 16.5. The van der Waals surface area contributed by atoms with E-state index in [0.29, 0.717) is 6.10 Å². The Morgan fingerprint density at radius 1 is 1.20 bits per heavy atom. The van der Waals surface area contributed by atoms with E-state index in [0.717, 1.165) is 37.0 Å². The van der Waals surface area contributed by atoms with Gasteiger partial charge >= 0.3 is 0 Å². The van der Waals surface area contributed by atoms with E-state index in [1.54, 1.807) is 0 Å². The summed E-state index contributed by atoms with van der Waals surface area (Å²) in [5.74, 6) is 2.58. The molecule has 1 fully saturated rings. The molecule has 5 nitrogen and oxygen atoms in total. The van der Waals surface area contributed by atoms with Crippen molar-refractivity contribution in [2.24, 2.45) is 0 Å². The molecule has 1 saturated carbocycles. The van der Waals surface area contributed by atoms with Crippen LogP contribution in [0.2, 0.25) is 0 Å². The second-order valence-electron chi connectivity index (χ2n) is 5.22. The summed E-state index contributed by atoms with van der Waals surface area (Å²) >= 11 is 0. The fourth-order valence-corrected chi connectivity index (χ4v) is 2.51. The summed E-state index contributed by atoms with van der Waals surface area (Å²) in [5, 5.41) is 6.38. The van der Waals surface area contributed by atoms with Gasteiger partial charge in [0.25, 0.3) is 0 Å². The Labute approximate surface area is 121 Å². The molecule has 0 amide bonds. The minimum atomic E-state index is 0.468. The standard InChI is InChI=1S/C15H26N4O/c1-3-13-18-14(16-2)11-15(19-13)17-9-10-20-12-7-5-4-6-8-12/h11-12H,3-10H2,1-2H3,(H2,16,17,18,19). The molecule has 2 rings (SSSR count). The van der Waals surface area contributed by atoms with Crippen LogP contribution in [0.1, 0.15) is 44.9 Å². The Balaban J connectivity index is 1.75. The Morgan fingerprint density at radius 3 is 2.65 bits per heavy atom. The molecule has 1 aromatic rings. The van der Waals surface area contributed by atoms with E-state index in [1.165, 1.54) is 32.1 Å². The van der Waals surface area contributed by atoms with Crippen LogP contribution < -0.4 is 10.6 Å². The molecule has 2 N–H and O–H groups in total. The van der Waals surface area contributed by atoms with Crippen LogP contribution in [0.15, 0.2) is 6.07 Å². The Bertz CT molecular complexity index is 383. The summed E-state index contributed by atoms with van der Waals surface area (Å²) < 4.78 is 5.90. The third kappa shape index (κ3) is 4.63. The fraction of sp³-hybridized carbons (Fsp3) is 0.733. The van der Waals surface area contributed by atoms with E-state index in [-0.39, 0.29) is 0 Å². The fourth-order valence-electron chi connectivity index (χ4n) is 2.51. The van der Waals surface area contributed by atoms with E-state index in [1.807, 2.05) is 13.1 Å². The molecule has 0 atom stereocenters. The number of nitrogens with one attached hydrogen (secondary N) is 2. The Morgan fingerprint density at radius 2 is 1.95 bits per heavy atom. The maximum Gasteiger partial charge on any atom is 0.132 e. The van der Waals surface area contributed by atoms with Crippen LogP contribution in [0.5, 0.6) is 0 Å². The smallest absolute Gasteiger partial charge is 0.132 e. The van der Waals surface area contributed by atoms with Crippen molar-refractivity contribution in [3.8, 4) is 0 Å². The van der Waals surface area contributed by atoms with Crippen molar-refractivity contribution in [1.29, 1.82) is 0 Å². The first-order chi connectivity index (χ1) is 9.81. The minimum Gasteiger partial charge on any atom is -0.376 e. The van der Waals surface area contributed by atoms with Gasteiger partial charge in [0.1, 0.15) is 17.5 Å². The summed E-state index contributed by atoms with van der Waals surface area (Å²) in [7, 11) is 1.87. The molecule has 0 unspecified atom stereocenters. The van der Waals surface area contributed by atoms with Crippen LogP contribution in [-0.2, 0) is 11.2 Å². The number of hydrogen-bond donors (Lipinski definition) is 2. The highest BCUT2D eigenvalue weighted by molar-refractivity contribution is 5.47. The molecule has 0 saturated heterocycles. The zero-order valence-electron chi connectivity index (χ0n) is 12.6. The van der Waals surface area contributed by atoms with Gasteiger partial charge in [-0.05, 0) is 12.8 Å². The van der Waals surface area contributed by atoms with Gasteiger partial charge in [0.05, 0.1) is 12.7 Å². The summed E-state index contributed by atoms with van der Waals surface area (Å²) in [6.45, 7) is 3.59. The van der Waals surface area contributed by atoms with Crippen LogP contribution in [0, 0.1) is 0 Å². The number of aryl methyl sites for hydroxylation is 1. The molecule has 1 aromatic heterocycles. The zero-order valence-corrected chi connectivity index (χ0v) is 12.6. The average molecular weight is 278 g/mol. The molecule has 0 bridgehead atoms. The maximum absolute atomic E-state index is 5.90. The maximum atomic E-state index is 5.90. The molecular weight excluding hydrogens is 252 g/mol. The van der Waals surface area contributed by atoms with Gasteiger partial charge in [-0.15, -0.1) is 0 Å². The monoisotopic (exact) mass is 278 g/mol. The van der Waals surface area contributed by atoms with Gasteiger partial charge in [0.2, 0.25) is 0 Å². The van der Waals surface area contributed by atoms with Crippen LogP contribution in [0.3, 0.4) is 0 Å². The van der Waals surface area contributed by atoms with Gasteiger partial charge in [0.15, 0.2) is 0 Å². The van der Waals surface area contributed by atoms with E-state index < -0.39 is 0 Å². The lowest BCUT2D eigenvalue weighted by Crippen LogP contribution is -2.21. The lowest BCUT2D eigenvalue weighted by atomic mass is 9.98. The number of anilines is 2. The summed E-state index contributed by atoms with van der Waals surface area (Å²) in [6.07, 6.45) is 7.74. The van der Waals surface area contributed by atoms with Crippen molar-refractivity contribution in [2.45, 2.75) is 51.6 Å². The van der Waals surface area contributed by atoms with E-state index in [9.17, 15) is 0 Å². The van der Waals surface area contributed by atoms with Crippen molar-refractivity contribution in [3.63, 3.8) is 0 Å². The second-order valence-corrected chi connectivity index (χ2v) is 5.22.